The molecule has 1 aromatic heterocycles. The van der Waals surface area contributed by atoms with Crippen LogP contribution in [-0.2, 0) is 0 Å². The van der Waals surface area contributed by atoms with E-state index < -0.39 is 23.1 Å². The molecule has 30 heavy (non-hydrogen) atoms. The monoisotopic (exact) mass is 400 g/mol. The second-order valence-electron chi connectivity index (χ2n) is 6.87. The molecule has 3 aromatic carbocycles. The third kappa shape index (κ3) is 3.96. The van der Waals surface area contributed by atoms with Gasteiger partial charge in [0.15, 0.2) is 0 Å². The van der Waals surface area contributed by atoms with E-state index in [4.69, 9.17) is 0 Å². The summed E-state index contributed by atoms with van der Waals surface area (Å²) in [6, 6.07) is 22.4. The molecule has 0 aliphatic carbocycles. The first-order valence-electron chi connectivity index (χ1n) is 9.41. The maximum absolute atomic E-state index is 13.8. The summed E-state index contributed by atoms with van der Waals surface area (Å²) in [5.74, 6) is -2.62. The summed E-state index contributed by atoms with van der Waals surface area (Å²) in [6.45, 7) is 2.02. The van der Waals surface area contributed by atoms with Gasteiger partial charge >= 0.3 is 0 Å². The molecule has 0 fully saturated rings. The molecule has 4 rings (SSSR count). The van der Waals surface area contributed by atoms with Crippen LogP contribution in [0.15, 0.2) is 85.1 Å². The summed E-state index contributed by atoms with van der Waals surface area (Å²) in [5, 5.41) is 2.54. The number of hydrogen-bond acceptors (Lipinski definition) is 2. The van der Waals surface area contributed by atoms with Crippen LogP contribution in [0.25, 0.3) is 22.4 Å². The van der Waals surface area contributed by atoms with Gasteiger partial charge in [-0.3, -0.25) is 9.78 Å². The molecule has 0 unspecified atom stereocenters. The van der Waals surface area contributed by atoms with Gasteiger partial charge in [-0.05, 0) is 66.1 Å². The van der Waals surface area contributed by atoms with Crippen LogP contribution in [0.4, 0.5) is 14.5 Å². The Morgan fingerprint density at radius 1 is 0.833 bits per heavy atom. The standard InChI is InChI=1S/C25H18F2N2O/c1-16-8-9-18(23-7-2-3-14-28-23)15-20(16)17-10-12-19(13-11-17)29-25(30)24-21(26)5-4-6-22(24)27/h2-15H,1H3,(H,29,30). The van der Waals surface area contributed by atoms with Crippen LogP contribution in [0.5, 0.6) is 0 Å². The highest BCUT2D eigenvalue weighted by molar-refractivity contribution is 6.04. The molecule has 0 aliphatic rings. The Hall–Kier alpha value is -3.86. The summed E-state index contributed by atoms with van der Waals surface area (Å²) < 4.78 is 27.6. The van der Waals surface area contributed by atoms with Crippen molar-refractivity contribution in [2.24, 2.45) is 0 Å². The molecule has 0 saturated carbocycles. The molecule has 0 spiro atoms. The number of rotatable bonds is 4. The van der Waals surface area contributed by atoms with Crippen molar-refractivity contribution >= 4 is 11.6 Å². The fourth-order valence-electron chi connectivity index (χ4n) is 3.27. The predicted octanol–water partition coefficient (Wildman–Crippen LogP) is 6.25. The van der Waals surface area contributed by atoms with Gasteiger partial charge in [0.05, 0.1) is 5.69 Å². The maximum atomic E-state index is 13.8. The molecule has 0 bridgehead atoms. The largest absolute Gasteiger partial charge is 0.322 e. The highest BCUT2D eigenvalue weighted by Crippen LogP contribution is 2.29. The third-order valence-electron chi connectivity index (χ3n) is 4.84. The summed E-state index contributed by atoms with van der Waals surface area (Å²) in [5.41, 5.74) is 4.83. The number of hydrogen-bond donors (Lipinski definition) is 1. The summed E-state index contributed by atoms with van der Waals surface area (Å²) >= 11 is 0. The molecule has 4 aromatic rings. The Bertz CT molecular complexity index is 1190. The number of nitrogens with one attached hydrogen (secondary N) is 1. The molecule has 1 heterocycles. The van der Waals surface area contributed by atoms with Crippen LogP contribution in [-0.4, -0.2) is 10.9 Å². The van der Waals surface area contributed by atoms with Gasteiger partial charge < -0.3 is 5.32 Å². The van der Waals surface area contributed by atoms with Gasteiger partial charge in [0.2, 0.25) is 0 Å². The first-order valence-corrected chi connectivity index (χ1v) is 9.41. The van der Waals surface area contributed by atoms with Crippen LogP contribution < -0.4 is 5.32 Å². The normalized spacial score (nSPS) is 10.6. The van der Waals surface area contributed by atoms with Gasteiger partial charge in [-0.15, -0.1) is 0 Å². The molecule has 0 aliphatic heterocycles. The minimum Gasteiger partial charge on any atom is -0.322 e. The number of carbonyl (C=O) groups excluding carboxylic acids is 1. The van der Waals surface area contributed by atoms with E-state index in [-0.39, 0.29) is 0 Å². The highest BCUT2D eigenvalue weighted by Gasteiger charge is 2.17. The minimum absolute atomic E-state index is 0.449. The van der Waals surface area contributed by atoms with Crippen molar-refractivity contribution in [1.82, 2.24) is 4.98 Å². The van der Waals surface area contributed by atoms with Crippen molar-refractivity contribution in [3.05, 3.63) is 108 Å². The van der Waals surface area contributed by atoms with Crippen LogP contribution in [0.1, 0.15) is 15.9 Å². The number of aromatic nitrogens is 1. The lowest BCUT2D eigenvalue weighted by molar-refractivity contribution is 0.101. The van der Waals surface area contributed by atoms with E-state index in [2.05, 4.69) is 16.4 Å². The Morgan fingerprint density at radius 3 is 2.20 bits per heavy atom. The summed E-state index contributed by atoms with van der Waals surface area (Å²) in [6.07, 6.45) is 1.75. The van der Waals surface area contributed by atoms with Crippen molar-refractivity contribution in [2.45, 2.75) is 6.92 Å². The average Bonchev–Trinajstić information content (AvgIpc) is 2.75. The van der Waals surface area contributed by atoms with Gasteiger partial charge in [0.1, 0.15) is 17.2 Å². The van der Waals surface area contributed by atoms with Gasteiger partial charge in [0, 0.05) is 17.4 Å². The molecule has 0 radical (unpaired) electrons. The van der Waals surface area contributed by atoms with E-state index in [0.717, 1.165) is 40.1 Å². The Morgan fingerprint density at radius 2 is 1.53 bits per heavy atom. The molecular weight excluding hydrogens is 382 g/mol. The molecule has 1 N–H and O–H groups in total. The van der Waals surface area contributed by atoms with Crippen molar-refractivity contribution in [3.8, 4) is 22.4 Å². The summed E-state index contributed by atoms with van der Waals surface area (Å²) in [4.78, 5) is 16.7. The number of anilines is 1. The number of nitrogens with zero attached hydrogens (tertiary/aromatic N) is 1. The zero-order valence-corrected chi connectivity index (χ0v) is 16.2. The number of pyridine rings is 1. The second-order valence-corrected chi connectivity index (χ2v) is 6.87. The second kappa shape index (κ2) is 8.25. The predicted molar refractivity (Wildman–Crippen MR) is 114 cm³/mol. The van der Waals surface area contributed by atoms with Gasteiger partial charge in [-0.1, -0.05) is 36.4 Å². The highest BCUT2D eigenvalue weighted by atomic mass is 19.1. The minimum atomic E-state index is -0.897. The lowest BCUT2D eigenvalue weighted by Crippen LogP contribution is -2.15. The Kier molecular flexibility index (Phi) is 5.35. The van der Waals surface area contributed by atoms with Gasteiger partial charge in [-0.2, -0.15) is 0 Å². The Balaban J connectivity index is 1.59. The number of aryl methyl sites for hydroxylation is 1. The van der Waals surface area contributed by atoms with Crippen molar-refractivity contribution in [2.75, 3.05) is 5.32 Å². The first-order chi connectivity index (χ1) is 14.5. The molecule has 3 nitrogen and oxygen atoms in total. The van der Waals surface area contributed by atoms with Crippen molar-refractivity contribution in [3.63, 3.8) is 0 Å². The smallest absolute Gasteiger partial charge is 0.261 e. The molecule has 5 heteroatoms. The van der Waals surface area contributed by atoms with Crippen molar-refractivity contribution < 1.29 is 13.6 Å². The van der Waals surface area contributed by atoms with Crippen LogP contribution in [0.2, 0.25) is 0 Å². The lowest BCUT2D eigenvalue weighted by Gasteiger charge is -2.11. The number of amides is 1. The van der Waals surface area contributed by atoms with E-state index in [1.807, 2.05) is 49.4 Å². The number of benzene rings is 3. The maximum Gasteiger partial charge on any atom is 0.261 e. The van der Waals surface area contributed by atoms with E-state index in [9.17, 15) is 13.6 Å². The van der Waals surface area contributed by atoms with E-state index in [1.165, 1.54) is 6.07 Å². The molecular formula is C25H18F2N2O. The molecule has 0 atom stereocenters. The summed E-state index contributed by atoms with van der Waals surface area (Å²) in [7, 11) is 0. The topological polar surface area (TPSA) is 42.0 Å². The SMILES string of the molecule is Cc1ccc(-c2ccccn2)cc1-c1ccc(NC(=O)c2c(F)cccc2F)cc1. The van der Waals surface area contributed by atoms with Crippen molar-refractivity contribution in [1.29, 1.82) is 0 Å². The van der Waals surface area contributed by atoms with Gasteiger partial charge in [0.25, 0.3) is 5.91 Å². The third-order valence-corrected chi connectivity index (χ3v) is 4.84. The van der Waals surface area contributed by atoms with Gasteiger partial charge in [-0.25, -0.2) is 8.78 Å². The molecule has 148 valence electrons. The number of carbonyl (C=O) groups is 1. The molecule has 0 saturated heterocycles. The quantitative estimate of drug-likeness (QED) is 0.440. The van der Waals surface area contributed by atoms with E-state index in [1.54, 1.807) is 18.3 Å². The van der Waals surface area contributed by atoms with Crippen LogP contribution in [0.3, 0.4) is 0 Å². The first kappa shape index (κ1) is 19.5. The van der Waals surface area contributed by atoms with E-state index >= 15 is 0 Å². The van der Waals surface area contributed by atoms with E-state index in [0.29, 0.717) is 5.69 Å². The van der Waals surface area contributed by atoms with Crippen LogP contribution >= 0.6 is 0 Å². The zero-order valence-electron chi connectivity index (χ0n) is 16.2. The average molecular weight is 400 g/mol. The fourth-order valence-corrected chi connectivity index (χ4v) is 3.27. The lowest BCUT2D eigenvalue weighted by atomic mass is 9.96. The molecule has 1 amide bonds. The Labute approximate surface area is 173 Å². The fraction of sp³-hybridized carbons (Fsp3) is 0.0400. The zero-order chi connectivity index (χ0) is 21.1. The number of halogens is 2. The van der Waals surface area contributed by atoms with Crippen LogP contribution in [0, 0.1) is 18.6 Å².